The van der Waals surface area contributed by atoms with Crippen LogP contribution in [0.1, 0.15) is 66.1 Å². The van der Waals surface area contributed by atoms with Crippen molar-refractivity contribution in [3.05, 3.63) is 24.0 Å². The predicted molar refractivity (Wildman–Crippen MR) is 137 cm³/mol. The molecule has 1 aliphatic heterocycles. The summed E-state index contributed by atoms with van der Waals surface area (Å²) in [6.45, 7) is 10.6. The Morgan fingerprint density at radius 3 is 2.54 bits per heavy atom. The molecule has 37 heavy (non-hydrogen) atoms. The molecular weight excluding hydrogens is 502 g/mol. The fourth-order valence-electron chi connectivity index (χ4n) is 5.10. The Labute approximate surface area is 217 Å². The molecule has 1 aliphatic carbocycles. The first-order chi connectivity index (χ1) is 17.2. The molecule has 0 unspecified atom stereocenters. The van der Waals surface area contributed by atoms with Crippen LogP contribution in [0.25, 0.3) is 11.0 Å². The van der Waals surface area contributed by atoms with Crippen LogP contribution in [-0.2, 0) is 31.5 Å². The smallest absolute Gasteiger partial charge is 0.250 e. The van der Waals surface area contributed by atoms with Crippen molar-refractivity contribution in [1.29, 1.82) is 0 Å². The molecule has 206 valence electrons. The van der Waals surface area contributed by atoms with E-state index in [9.17, 15) is 22.0 Å². The molecule has 2 heterocycles. The third-order valence-electron chi connectivity index (χ3n) is 7.06. The van der Waals surface area contributed by atoms with Crippen molar-refractivity contribution in [2.75, 3.05) is 19.7 Å². The number of rotatable bonds is 6. The van der Waals surface area contributed by atoms with Gasteiger partial charge in [-0.2, -0.15) is 4.31 Å². The summed E-state index contributed by atoms with van der Waals surface area (Å²) in [6.07, 6.45) is -0.179. The Morgan fingerprint density at radius 2 is 1.92 bits per heavy atom. The average molecular weight is 541 g/mol. The number of hydrogen-bond acceptors (Lipinski definition) is 5. The van der Waals surface area contributed by atoms with Gasteiger partial charge in [-0.25, -0.2) is 22.2 Å². The highest BCUT2D eigenvalue weighted by molar-refractivity contribution is 7.89. The van der Waals surface area contributed by atoms with Gasteiger partial charge in [0, 0.05) is 43.9 Å². The van der Waals surface area contributed by atoms with E-state index in [2.05, 4.69) is 9.88 Å². The van der Waals surface area contributed by atoms with Crippen LogP contribution in [0, 0.1) is 5.92 Å². The molecule has 0 spiro atoms. The number of sulfonamides is 1. The highest BCUT2D eigenvalue weighted by Crippen LogP contribution is 2.38. The van der Waals surface area contributed by atoms with Crippen molar-refractivity contribution in [2.45, 2.75) is 95.2 Å². The summed E-state index contributed by atoms with van der Waals surface area (Å²) in [5, 5.41) is 2.77. The Bertz CT molecular complexity index is 1240. The number of nitrogens with one attached hydrogen (secondary N) is 1. The van der Waals surface area contributed by atoms with Crippen molar-refractivity contribution in [2.24, 2.45) is 5.92 Å². The van der Waals surface area contributed by atoms with E-state index < -0.39 is 22.0 Å². The zero-order chi connectivity index (χ0) is 27.2. The summed E-state index contributed by atoms with van der Waals surface area (Å²) in [4.78, 5) is 17.3. The minimum atomic E-state index is -3.89. The number of carbonyl (C=O) groups excluding carboxylic acids is 1. The second-order valence-electron chi connectivity index (χ2n) is 11.6. The number of imidazole rings is 1. The number of fused-ring (bicyclic) bond motifs is 1. The zero-order valence-electron chi connectivity index (χ0n) is 22.3. The quantitative estimate of drug-likeness (QED) is 0.596. The SMILES string of the molecule is CC(C)NC(=O)[C@H]1CN(S(=O)(=O)c2ccc3c(c2)nc(C(C)(C)C)n3CC2CCC(F)(F)CC2)CCO1. The Morgan fingerprint density at radius 1 is 1.24 bits per heavy atom. The molecule has 1 atom stereocenters. The van der Waals surface area contributed by atoms with Gasteiger partial charge in [0.05, 0.1) is 22.5 Å². The van der Waals surface area contributed by atoms with E-state index in [4.69, 9.17) is 9.72 Å². The summed E-state index contributed by atoms with van der Waals surface area (Å²) < 4.78 is 63.3. The lowest BCUT2D eigenvalue weighted by atomic mass is 9.86. The predicted octanol–water partition coefficient (Wildman–Crippen LogP) is 4.07. The maximum absolute atomic E-state index is 13.7. The standard InChI is InChI=1S/C26H38F2N4O4S/c1-17(2)29-23(33)22-16-31(12-13-36-22)37(34,35)19-6-7-21-20(14-19)30-24(25(3,4)5)32(21)15-18-8-10-26(27,28)11-9-18/h6-7,14,17-18,22H,8-13,15-16H2,1-5H3,(H,29,33)/t22-/m1/s1. The monoisotopic (exact) mass is 540 g/mol. The number of nitrogens with zero attached hydrogens (tertiary/aromatic N) is 3. The molecular formula is C26H38F2N4O4S. The minimum Gasteiger partial charge on any atom is -0.366 e. The van der Waals surface area contributed by atoms with Gasteiger partial charge in [-0.3, -0.25) is 4.79 Å². The number of ether oxygens (including phenoxy) is 1. The number of alkyl halides is 2. The van der Waals surface area contributed by atoms with Gasteiger partial charge in [-0.15, -0.1) is 0 Å². The number of hydrogen-bond donors (Lipinski definition) is 1. The highest BCUT2D eigenvalue weighted by Gasteiger charge is 2.37. The van der Waals surface area contributed by atoms with Gasteiger partial charge in [0.2, 0.25) is 15.9 Å². The topological polar surface area (TPSA) is 93.5 Å². The van der Waals surface area contributed by atoms with Crippen molar-refractivity contribution >= 4 is 27.0 Å². The fourth-order valence-corrected chi connectivity index (χ4v) is 6.54. The zero-order valence-corrected chi connectivity index (χ0v) is 23.1. The molecule has 4 rings (SSSR count). The molecule has 1 saturated heterocycles. The average Bonchev–Trinajstić information content (AvgIpc) is 3.18. The Hall–Kier alpha value is -2.11. The fraction of sp³-hybridized carbons (Fsp3) is 0.692. The van der Waals surface area contributed by atoms with Crippen LogP contribution in [0.4, 0.5) is 8.78 Å². The molecule has 11 heteroatoms. The molecule has 2 aromatic rings. The lowest BCUT2D eigenvalue weighted by Gasteiger charge is -2.31. The Kier molecular flexibility index (Phi) is 7.71. The number of halogens is 2. The van der Waals surface area contributed by atoms with Crippen molar-refractivity contribution in [3.63, 3.8) is 0 Å². The number of aromatic nitrogens is 2. The summed E-state index contributed by atoms with van der Waals surface area (Å²) in [5.41, 5.74) is 1.02. The van der Waals surface area contributed by atoms with Gasteiger partial charge < -0.3 is 14.6 Å². The lowest BCUT2D eigenvalue weighted by molar-refractivity contribution is -0.136. The molecule has 0 bridgehead atoms. The lowest BCUT2D eigenvalue weighted by Crippen LogP contribution is -2.52. The van der Waals surface area contributed by atoms with E-state index >= 15 is 0 Å². The minimum absolute atomic E-state index is 0.0626. The molecule has 1 aromatic heterocycles. The molecule has 2 fully saturated rings. The first-order valence-electron chi connectivity index (χ1n) is 13.0. The summed E-state index contributed by atoms with van der Waals surface area (Å²) in [5.74, 6) is -2.01. The molecule has 1 saturated carbocycles. The molecule has 8 nitrogen and oxygen atoms in total. The first-order valence-corrected chi connectivity index (χ1v) is 14.4. The van der Waals surface area contributed by atoms with E-state index in [-0.39, 0.29) is 60.7 Å². The van der Waals surface area contributed by atoms with Gasteiger partial charge in [0.15, 0.2) is 0 Å². The van der Waals surface area contributed by atoms with Crippen molar-refractivity contribution in [3.8, 4) is 0 Å². The highest BCUT2D eigenvalue weighted by atomic mass is 32.2. The maximum Gasteiger partial charge on any atom is 0.250 e. The molecule has 0 radical (unpaired) electrons. The summed E-state index contributed by atoms with van der Waals surface area (Å²) in [7, 11) is -3.89. The molecule has 2 aliphatic rings. The van der Waals surface area contributed by atoms with E-state index in [1.807, 2.05) is 34.6 Å². The van der Waals surface area contributed by atoms with Crippen LogP contribution in [0.15, 0.2) is 23.1 Å². The number of amides is 1. The Balaban J connectivity index is 1.62. The molecule has 1 amide bonds. The largest absolute Gasteiger partial charge is 0.366 e. The van der Waals surface area contributed by atoms with Crippen LogP contribution < -0.4 is 5.32 Å². The van der Waals surface area contributed by atoms with E-state index in [1.54, 1.807) is 18.2 Å². The third kappa shape index (κ3) is 6.15. The number of morpholine rings is 1. The van der Waals surface area contributed by atoms with Gasteiger partial charge in [-0.1, -0.05) is 20.8 Å². The number of benzene rings is 1. The van der Waals surface area contributed by atoms with E-state index in [0.29, 0.717) is 24.9 Å². The van der Waals surface area contributed by atoms with Crippen LogP contribution >= 0.6 is 0 Å². The van der Waals surface area contributed by atoms with Crippen molar-refractivity contribution in [1.82, 2.24) is 19.2 Å². The maximum atomic E-state index is 13.7. The van der Waals surface area contributed by atoms with E-state index in [1.165, 1.54) is 4.31 Å². The van der Waals surface area contributed by atoms with Crippen LogP contribution in [-0.4, -0.2) is 65.9 Å². The normalized spacial score (nSPS) is 22.0. The van der Waals surface area contributed by atoms with E-state index in [0.717, 1.165) is 11.3 Å². The van der Waals surface area contributed by atoms with Crippen LogP contribution in [0.2, 0.25) is 0 Å². The van der Waals surface area contributed by atoms with Gasteiger partial charge in [-0.05, 0) is 50.8 Å². The first kappa shape index (κ1) is 27.9. The van der Waals surface area contributed by atoms with Gasteiger partial charge >= 0.3 is 0 Å². The van der Waals surface area contributed by atoms with Crippen LogP contribution in [0.3, 0.4) is 0 Å². The van der Waals surface area contributed by atoms with Gasteiger partial charge in [0.25, 0.3) is 5.91 Å². The van der Waals surface area contributed by atoms with Gasteiger partial charge in [0.1, 0.15) is 11.9 Å². The van der Waals surface area contributed by atoms with Crippen molar-refractivity contribution < 1.29 is 26.7 Å². The molecule has 1 N–H and O–H groups in total. The van der Waals surface area contributed by atoms with Crippen LogP contribution in [0.5, 0.6) is 0 Å². The second kappa shape index (κ2) is 10.2. The summed E-state index contributed by atoms with van der Waals surface area (Å²) >= 11 is 0. The third-order valence-corrected chi connectivity index (χ3v) is 8.92. The molecule has 1 aromatic carbocycles. The second-order valence-corrected chi connectivity index (χ2v) is 13.6. The summed E-state index contributed by atoms with van der Waals surface area (Å²) in [6, 6.07) is 4.81. The number of carbonyl (C=O) groups is 1.